The van der Waals surface area contributed by atoms with Crippen molar-refractivity contribution in [3.05, 3.63) is 24.2 Å². The Hall–Kier alpha value is -1.42. The Kier molecular flexibility index (Phi) is 3.66. The molecule has 2 aromatic heterocycles. The first kappa shape index (κ1) is 13.0. The summed E-state index contributed by atoms with van der Waals surface area (Å²) in [4.78, 5) is 9.18. The van der Waals surface area contributed by atoms with Gasteiger partial charge in [0.25, 0.3) is 0 Å². The third-order valence-electron chi connectivity index (χ3n) is 2.90. The predicted molar refractivity (Wildman–Crippen MR) is 72.7 cm³/mol. The number of pyridine rings is 1. The smallest absolute Gasteiger partial charge is 0.159 e. The Morgan fingerprint density at radius 3 is 2.78 bits per heavy atom. The van der Waals surface area contributed by atoms with Crippen molar-refractivity contribution < 1.29 is 4.74 Å². The topological polar surface area (TPSA) is 39.9 Å². The number of aryl methyl sites for hydroxylation is 1. The van der Waals surface area contributed by atoms with Crippen LogP contribution < -0.4 is 0 Å². The van der Waals surface area contributed by atoms with E-state index < -0.39 is 0 Å². The van der Waals surface area contributed by atoms with Gasteiger partial charge >= 0.3 is 0 Å². The monoisotopic (exact) mass is 247 g/mol. The molecule has 0 aliphatic carbocycles. The van der Waals surface area contributed by atoms with E-state index in [0.29, 0.717) is 0 Å². The normalized spacial score (nSPS) is 12.2. The molecule has 0 aliphatic heterocycles. The number of rotatable bonds is 4. The quantitative estimate of drug-likeness (QED) is 0.780. The molecule has 2 heterocycles. The van der Waals surface area contributed by atoms with Gasteiger partial charge in [-0.25, -0.2) is 9.97 Å². The first-order valence-corrected chi connectivity index (χ1v) is 6.34. The molecule has 0 atom stereocenters. The fourth-order valence-corrected chi connectivity index (χ4v) is 2.11. The molecule has 2 rings (SSSR count). The van der Waals surface area contributed by atoms with Gasteiger partial charge in [-0.3, -0.25) is 0 Å². The summed E-state index contributed by atoms with van der Waals surface area (Å²) < 4.78 is 7.34. The Labute approximate surface area is 108 Å². The Morgan fingerprint density at radius 2 is 2.11 bits per heavy atom. The highest BCUT2D eigenvalue weighted by atomic mass is 16.5. The number of methoxy groups -OCH3 is 1. The number of fused-ring (bicyclic) bond motifs is 1. The SMILES string of the molecule is COCCCn1c(C(C)(C)C)nc2cccnc21. The molecule has 0 aromatic carbocycles. The number of nitrogens with zero attached hydrogens (tertiary/aromatic N) is 3. The molecule has 4 heteroatoms. The highest BCUT2D eigenvalue weighted by molar-refractivity contribution is 5.71. The maximum absolute atomic E-state index is 5.12. The van der Waals surface area contributed by atoms with Gasteiger partial charge in [-0.15, -0.1) is 0 Å². The fraction of sp³-hybridized carbons (Fsp3) is 0.571. The minimum Gasteiger partial charge on any atom is -0.385 e. The molecule has 0 fully saturated rings. The minimum absolute atomic E-state index is 0.0216. The van der Waals surface area contributed by atoms with Crippen molar-refractivity contribution in [3.63, 3.8) is 0 Å². The van der Waals surface area contributed by atoms with E-state index in [4.69, 9.17) is 9.72 Å². The third-order valence-corrected chi connectivity index (χ3v) is 2.90. The van der Waals surface area contributed by atoms with E-state index in [2.05, 4.69) is 30.3 Å². The van der Waals surface area contributed by atoms with Crippen LogP contribution in [0.2, 0.25) is 0 Å². The van der Waals surface area contributed by atoms with Gasteiger partial charge in [0.2, 0.25) is 0 Å². The predicted octanol–water partition coefficient (Wildman–Crippen LogP) is 2.77. The zero-order valence-electron chi connectivity index (χ0n) is 11.6. The lowest BCUT2D eigenvalue weighted by molar-refractivity contribution is 0.190. The molecule has 0 unspecified atom stereocenters. The van der Waals surface area contributed by atoms with Crippen molar-refractivity contribution in [1.29, 1.82) is 0 Å². The van der Waals surface area contributed by atoms with Crippen molar-refractivity contribution >= 4 is 11.2 Å². The number of ether oxygens (including phenoxy) is 1. The van der Waals surface area contributed by atoms with Gasteiger partial charge in [0, 0.05) is 31.9 Å². The van der Waals surface area contributed by atoms with Crippen molar-refractivity contribution in [3.8, 4) is 0 Å². The lowest BCUT2D eigenvalue weighted by Gasteiger charge is -2.19. The molecule has 0 bridgehead atoms. The molecule has 0 N–H and O–H groups in total. The van der Waals surface area contributed by atoms with Crippen LogP contribution in [0.25, 0.3) is 11.2 Å². The summed E-state index contributed by atoms with van der Waals surface area (Å²) in [7, 11) is 1.73. The largest absolute Gasteiger partial charge is 0.385 e. The van der Waals surface area contributed by atoms with Crippen LogP contribution >= 0.6 is 0 Å². The van der Waals surface area contributed by atoms with Gasteiger partial charge in [0.15, 0.2) is 5.65 Å². The molecular weight excluding hydrogens is 226 g/mol. The molecule has 4 nitrogen and oxygen atoms in total. The maximum Gasteiger partial charge on any atom is 0.159 e. The average Bonchev–Trinajstić information content (AvgIpc) is 2.69. The van der Waals surface area contributed by atoms with Gasteiger partial charge in [0.1, 0.15) is 11.3 Å². The molecule has 0 saturated carbocycles. The Morgan fingerprint density at radius 1 is 1.33 bits per heavy atom. The molecular formula is C14H21N3O. The second-order valence-electron chi connectivity index (χ2n) is 5.53. The van der Waals surface area contributed by atoms with Gasteiger partial charge in [-0.05, 0) is 18.6 Å². The van der Waals surface area contributed by atoms with Crippen LogP contribution in [-0.2, 0) is 16.7 Å². The summed E-state index contributed by atoms with van der Waals surface area (Å²) in [5.41, 5.74) is 1.96. The van der Waals surface area contributed by atoms with E-state index in [0.717, 1.165) is 36.6 Å². The third kappa shape index (κ3) is 2.53. The Balaban J connectivity index is 2.44. The summed E-state index contributed by atoms with van der Waals surface area (Å²) in [5, 5.41) is 0. The van der Waals surface area contributed by atoms with E-state index >= 15 is 0 Å². The molecule has 0 radical (unpaired) electrons. The lowest BCUT2D eigenvalue weighted by atomic mass is 9.95. The van der Waals surface area contributed by atoms with Gasteiger partial charge in [-0.2, -0.15) is 0 Å². The molecule has 0 saturated heterocycles. The average molecular weight is 247 g/mol. The molecule has 0 aliphatic rings. The van der Waals surface area contributed by atoms with Crippen LogP contribution in [0, 0.1) is 0 Å². The summed E-state index contributed by atoms with van der Waals surface area (Å²) in [6, 6.07) is 3.95. The fourth-order valence-electron chi connectivity index (χ4n) is 2.11. The lowest BCUT2D eigenvalue weighted by Crippen LogP contribution is -2.19. The summed E-state index contributed by atoms with van der Waals surface area (Å²) in [6.07, 6.45) is 2.80. The highest BCUT2D eigenvalue weighted by Gasteiger charge is 2.22. The summed E-state index contributed by atoms with van der Waals surface area (Å²) in [6.45, 7) is 8.20. The first-order chi connectivity index (χ1) is 8.54. The molecule has 2 aromatic rings. The van der Waals surface area contributed by atoms with E-state index in [9.17, 15) is 0 Å². The van der Waals surface area contributed by atoms with E-state index in [1.165, 1.54) is 0 Å². The maximum atomic E-state index is 5.12. The highest BCUT2D eigenvalue weighted by Crippen LogP contribution is 2.25. The second kappa shape index (κ2) is 5.06. The van der Waals surface area contributed by atoms with Crippen LogP contribution in [0.1, 0.15) is 33.0 Å². The number of aromatic nitrogens is 3. The first-order valence-electron chi connectivity index (χ1n) is 6.34. The minimum atomic E-state index is 0.0216. The van der Waals surface area contributed by atoms with E-state index in [-0.39, 0.29) is 5.41 Å². The number of imidazole rings is 1. The standard InChI is InChI=1S/C14H21N3O/c1-14(2,3)13-16-11-7-5-8-15-12(11)17(13)9-6-10-18-4/h5,7-8H,6,9-10H2,1-4H3. The zero-order valence-corrected chi connectivity index (χ0v) is 11.6. The summed E-state index contributed by atoms with van der Waals surface area (Å²) >= 11 is 0. The molecule has 0 spiro atoms. The molecule has 98 valence electrons. The van der Waals surface area contributed by atoms with Crippen LogP contribution in [0.3, 0.4) is 0 Å². The van der Waals surface area contributed by atoms with Crippen molar-refractivity contribution in [2.45, 2.75) is 39.2 Å². The van der Waals surface area contributed by atoms with E-state index in [1.807, 2.05) is 18.3 Å². The number of hydrogen-bond donors (Lipinski definition) is 0. The summed E-state index contributed by atoms with van der Waals surface area (Å²) in [5.74, 6) is 1.09. The van der Waals surface area contributed by atoms with Crippen molar-refractivity contribution in [2.24, 2.45) is 0 Å². The van der Waals surface area contributed by atoms with Gasteiger partial charge < -0.3 is 9.30 Å². The van der Waals surface area contributed by atoms with Crippen LogP contribution in [-0.4, -0.2) is 28.3 Å². The van der Waals surface area contributed by atoms with Crippen LogP contribution in [0.15, 0.2) is 18.3 Å². The number of hydrogen-bond acceptors (Lipinski definition) is 3. The molecule has 0 amide bonds. The van der Waals surface area contributed by atoms with Crippen molar-refractivity contribution in [1.82, 2.24) is 14.5 Å². The van der Waals surface area contributed by atoms with Gasteiger partial charge in [0.05, 0.1) is 0 Å². The zero-order chi connectivity index (χ0) is 13.2. The van der Waals surface area contributed by atoms with Crippen LogP contribution in [0.4, 0.5) is 0 Å². The molecule has 18 heavy (non-hydrogen) atoms. The van der Waals surface area contributed by atoms with Crippen molar-refractivity contribution in [2.75, 3.05) is 13.7 Å². The van der Waals surface area contributed by atoms with Crippen LogP contribution in [0.5, 0.6) is 0 Å². The Bertz CT molecular complexity index is 525. The second-order valence-corrected chi connectivity index (χ2v) is 5.53. The van der Waals surface area contributed by atoms with Gasteiger partial charge in [-0.1, -0.05) is 20.8 Å². The van der Waals surface area contributed by atoms with E-state index in [1.54, 1.807) is 7.11 Å².